The first-order valence-corrected chi connectivity index (χ1v) is 12.5. The molecule has 6 rings (SSSR count). The second kappa shape index (κ2) is 9.53. The molecule has 0 atom stereocenters. The molecule has 0 saturated carbocycles. The lowest BCUT2D eigenvalue weighted by Gasteiger charge is -2.31. The topological polar surface area (TPSA) is 84.3 Å². The van der Waals surface area contributed by atoms with Crippen molar-refractivity contribution >= 4 is 22.9 Å². The number of hydrogen-bond acceptors (Lipinski definition) is 7. The van der Waals surface area contributed by atoms with Crippen molar-refractivity contribution in [3.63, 3.8) is 0 Å². The molecule has 8 nitrogen and oxygen atoms in total. The maximum atomic E-state index is 13.4. The van der Waals surface area contributed by atoms with Crippen LogP contribution in [-0.4, -0.2) is 50.4 Å². The number of aromatic nitrogens is 4. The second-order valence-electron chi connectivity index (χ2n) is 9.44. The monoisotopic (exact) mass is 480 g/mol. The number of nitrogens with zero attached hydrogens (tertiary/aromatic N) is 6. The van der Waals surface area contributed by atoms with E-state index in [0.29, 0.717) is 36.6 Å². The number of para-hydroxylation sites is 2. The zero-order chi connectivity index (χ0) is 24.5. The van der Waals surface area contributed by atoms with Crippen molar-refractivity contribution in [1.82, 2.24) is 24.8 Å². The number of fused-ring (bicyclic) bond motifs is 2. The third kappa shape index (κ3) is 4.46. The number of rotatable bonds is 4. The Labute approximate surface area is 210 Å². The van der Waals surface area contributed by atoms with Crippen LogP contribution in [0.4, 0.5) is 5.95 Å². The zero-order valence-corrected chi connectivity index (χ0v) is 20.4. The fourth-order valence-electron chi connectivity index (χ4n) is 4.80. The van der Waals surface area contributed by atoms with Gasteiger partial charge >= 0.3 is 0 Å². The highest BCUT2D eigenvalue weighted by atomic mass is 16.5. The molecule has 0 aliphatic carbocycles. The van der Waals surface area contributed by atoms with Crippen LogP contribution in [0, 0.1) is 6.92 Å². The minimum Gasteiger partial charge on any atom is -0.438 e. The van der Waals surface area contributed by atoms with Crippen molar-refractivity contribution < 1.29 is 9.53 Å². The van der Waals surface area contributed by atoms with Gasteiger partial charge in [0, 0.05) is 26.1 Å². The van der Waals surface area contributed by atoms with Crippen LogP contribution in [0.2, 0.25) is 0 Å². The predicted octanol–water partition coefficient (Wildman–Crippen LogP) is 4.71. The van der Waals surface area contributed by atoms with Gasteiger partial charge in [0.05, 0.1) is 35.0 Å². The molecule has 182 valence electrons. The highest BCUT2D eigenvalue weighted by Crippen LogP contribution is 2.32. The number of ether oxygens (including phenoxy) is 1. The quantitative estimate of drug-likeness (QED) is 0.418. The lowest BCUT2D eigenvalue weighted by Crippen LogP contribution is -2.38. The molecule has 1 amide bonds. The molecule has 8 heteroatoms. The van der Waals surface area contributed by atoms with Gasteiger partial charge in [-0.15, -0.1) is 0 Å². The van der Waals surface area contributed by atoms with E-state index in [1.165, 1.54) is 6.42 Å². The number of amides is 1. The van der Waals surface area contributed by atoms with Gasteiger partial charge < -0.3 is 14.5 Å². The summed E-state index contributed by atoms with van der Waals surface area (Å²) in [5.41, 5.74) is 4.77. The SMILES string of the molecule is Cc1ccc(Oc2nc(N3CCCCC3)nc3c2CN(C(=O)c2cnc4ccccc4n2)CC3)cc1. The molecule has 1 saturated heterocycles. The van der Waals surface area contributed by atoms with Crippen LogP contribution in [0.15, 0.2) is 54.7 Å². The third-order valence-corrected chi connectivity index (χ3v) is 6.84. The number of benzene rings is 2. The molecular formula is C28H28N6O2. The summed E-state index contributed by atoms with van der Waals surface area (Å²) < 4.78 is 6.31. The highest BCUT2D eigenvalue weighted by molar-refractivity contribution is 5.94. The minimum atomic E-state index is -0.153. The Balaban J connectivity index is 1.33. The minimum absolute atomic E-state index is 0.153. The molecule has 0 unspecified atom stereocenters. The van der Waals surface area contributed by atoms with Gasteiger partial charge in [-0.3, -0.25) is 9.78 Å². The van der Waals surface area contributed by atoms with Crippen LogP contribution >= 0.6 is 0 Å². The van der Waals surface area contributed by atoms with Crippen molar-refractivity contribution in [1.29, 1.82) is 0 Å². The smallest absolute Gasteiger partial charge is 0.274 e. The van der Waals surface area contributed by atoms with Crippen molar-refractivity contribution in [2.24, 2.45) is 0 Å². The molecule has 2 aromatic carbocycles. The van der Waals surface area contributed by atoms with Crippen LogP contribution < -0.4 is 9.64 Å². The summed E-state index contributed by atoms with van der Waals surface area (Å²) in [5.74, 6) is 1.80. The standard InChI is InChI=1S/C28H28N6O2/c1-19-9-11-20(12-10-19)36-26-21-18-34(27(35)25-17-29-23-7-3-4-8-24(23)30-25)16-13-22(21)31-28(32-26)33-14-5-2-6-15-33/h3-4,7-12,17H,2,5-6,13-16,18H2,1H3. The lowest BCUT2D eigenvalue weighted by atomic mass is 10.1. The third-order valence-electron chi connectivity index (χ3n) is 6.84. The maximum Gasteiger partial charge on any atom is 0.274 e. The summed E-state index contributed by atoms with van der Waals surface area (Å²) in [7, 11) is 0. The van der Waals surface area contributed by atoms with Gasteiger partial charge in [-0.25, -0.2) is 9.97 Å². The van der Waals surface area contributed by atoms with Crippen molar-refractivity contribution in [2.75, 3.05) is 24.5 Å². The van der Waals surface area contributed by atoms with E-state index in [9.17, 15) is 4.79 Å². The van der Waals surface area contributed by atoms with E-state index in [0.717, 1.165) is 60.0 Å². The van der Waals surface area contributed by atoms with Gasteiger partial charge in [0.25, 0.3) is 5.91 Å². The number of aryl methyl sites for hydroxylation is 1. The Morgan fingerprint density at radius 3 is 2.47 bits per heavy atom. The molecule has 0 bridgehead atoms. The molecule has 1 fully saturated rings. The van der Waals surface area contributed by atoms with E-state index in [4.69, 9.17) is 14.7 Å². The molecule has 2 aliphatic rings. The number of piperidine rings is 1. The van der Waals surface area contributed by atoms with Crippen LogP contribution in [0.5, 0.6) is 11.6 Å². The maximum absolute atomic E-state index is 13.4. The summed E-state index contributed by atoms with van der Waals surface area (Å²) in [6.07, 6.45) is 5.71. The van der Waals surface area contributed by atoms with Crippen molar-refractivity contribution in [3.8, 4) is 11.6 Å². The first-order valence-electron chi connectivity index (χ1n) is 12.5. The summed E-state index contributed by atoms with van der Waals surface area (Å²) >= 11 is 0. The Bertz CT molecular complexity index is 1420. The number of hydrogen-bond donors (Lipinski definition) is 0. The van der Waals surface area contributed by atoms with Crippen LogP contribution in [0.25, 0.3) is 11.0 Å². The summed E-state index contributed by atoms with van der Waals surface area (Å²) in [6, 6.07) is 15.5. The normalized spacial score (nSPS) is 15.6. The Morgan fingerprint density at radius 1 is 0.889 bits per heavy atom. The fourth-order valence-corrected chi connectivity index (χ4v) is 4.80. The largest absolute Gasteiger partial charge is 0.438 e. The van der Waals surface area contributed by atoms with Crippen LogP contribution in [0.3, 0.4) is 0 Å². The summed E-state index contributed by atoms with van der Waals surface area (Å²) in [4.78, 5) is 36.2. The molecule has 4 aromatic rings. The molecular weight excluding hydrogens is 452 g/mol. The first-order chi connectivity index (χ1) is 17.6. The summed E-state index contributed by atoms with van der Waals surface area (Å²) in [5, 5.41) is 0. The number of anilines is 1. The van der Waals surface area contributed by atoms with Gasteiger partial charge in [0.1, 0.15) is 11.4 Å². The second-order valence-corrected chi connectivity index (χ2v) is 9.44. The lowest BCUT2D eigenvalue weighted by molar-refractivity contribution is 0.0726. The van der Waals surface area contributed by atoms with E-state index >= 15 is 0 Å². The van der Waals surface area contributed by atoms with Gasteiger partial charge in [-0.1, -0.05) is 29.8 Å². The van der Waals surface area contributed by atoms with Gasteiger partial charge in [-0.05, 0) is 50.5 Å². The zero-order valence-electron chi connectivity index (χ0n) is 20.4. The number of carbonyl (C=O) groups excluding carboxylic acids is 1. The van der Waals surface area contributed by atoms with Gasteiger partial charge in [0.15, 0.2) is 0 Å². The van der Waals surface area contributed by atoms with Gasteiger partial charge in [-0.2, -0.15) is 4.98 Å². The first kappa shape index (κ1) is 22.4. The summed E-state index contributed by atoms with van der Waals surface area (Å²) in [6.45, 7) is 4.87. The molecule has 0 N–H and O–H groups in total. The van der Waals surface area contributed by atoms with Crippen molar-refractivity contribution in [2.45, 2.75) is 39.2 Å². The Hall–Kier alpha value is -4.07. The van der Waals surface area contributed by atoms with E-state index in [2.05, 4.69) is 14.9 Å². The van der Waals surface area contributed by atoms with E-state index < -0.39 is 0 Å². The van der Waals surface area contributed by atoms with Gasteiger partial charge in [0.2, 0.25) is 11.8 Å². The Morgan fingerprint density at radius 2 is 1.67 bits per heavy atom. The molecule has 36 heavy (non-hydrogen) atoms. The van der Waals surface area contributed by atoms with E-state index in [1.807, 2.05) is 55.5 Å². The average Bonchev–Trinajstić information content (AvgIpc) is 2.94. The fraction of sp³-hybridized carbons (Fsp3) is 0.321. The van der Waals surface area contributed by atoms with Crippen LogP contribution in [0.1, 0.15) is 46.6 Å². The Kier molecular flexibility index (Phi) is 5.93. The molecule has 0 radical (unpaired) electrons. The molecule has 2 aliphatic heterocycles. The highest BCUT2D eigenvalue weighted by Gasteiger charge is 2.29. The van der Waals surface area contributed by atoms with Crippen LogP contribution in [-0.2, 0) is 13.0 Å². The van der Waals surface area contributed by atoms with Crippen molar-refractivity contribution in [3.05, 3.63) is 77.2 Å². The molecule has 2 aromatic heterocycles. The molecule has 0 spiro atoms. The van der Waals surface area contributed by atoms with E-state index in [1.54, 1.807) is 11.1 Å². The number of carbonyl (C=O) groups is 1. The predicted molar refractivity (Wildman–Crippen MR) is 137 cm³/mol. The van der Waals surface area contributed by atoms with E-state index in [-0.39, 0.29) is 5.91 Å². The average molecular weight is 481 g/mol. The molecule has 4 heterocycles.